The van der Waals surface area contributed by atoms with Crippen LogP contribution >= 0.6 is 36.7 Å². The van der Waals surface area contributed by atoms with Crippen LogP contribution in [-0.2, 0) is 55.0 Å². The van der Waals surface area contributed by atoms with Gasteiger partial charge in [-0.15, -0.1) is 0 Å². The molecule has 0 unspecified atom stereocenters. The van der Waals surface area contributed by atoms with E-state index in [4.69, 9.17) is 74.5 Å². The standard InChI is InChI=1S/3C7H15NS2.Fe/c3*1-5(2)8(6(3)4)7(9)10;/h3*5-6H,1-4H3,(H,9,10);/q;;;+3/p-3. The molecule has 0 saturated carbocycles. The Hall–Kier alpha value is 0.849. The molecule has 10 heteroatoms. The summed E-state index contributed by atoms with van der Waals surface area (Å²) in [5, 5.41) is 0. The van der Waals surface area contributed by atoms with Crippen molar-refractivity contribution in [1.29, 1.82) is 0 Å². The molecule has 0 saturated heterocycles. The minimum atomic E-state index is 0. The molecule has 1 radical (unpaired) electrons. The molecule has 0 heterocycles. The van der Waals surface area contributed by atoms with Gasteiger partial charge in [-0.2, -0.15) is 0 Å². The summed E-state index contributed by atoms with van der Waals surface area (Å²) in [5.41, 5.74) is 0. The van der Waals surface area contributed by atoms with Crippen LogP contribution in [0.2, 0.25) is 0 Å². The van der Waals surface area contributed by atoms with E-state index in [-0.39, 0.29) is 17.1 Å². The van der Waals surface area contributed by atoms with Gasteiger partial charge in [-0.1, -0.05) is 13.0 Å². The number of nitrogens with zero attached hydrogens (tertiary/aromatic N) is 3. The molecule has 0 spiro atoms. The first-order valence-corrected chi connectivity index (χ1v) is 12.8. The van der Waals surface area contributed by atoms with Crippen LogP contribution in [-0.4, -0.2) is 63.9 Å². The molecule has 31 heavy (non-hydrogen) atoms. The van der Waals surface area contributed by atoms with Gasteiger partial charge in [0, 0.05) is 36.3 Å². The molecule has 0 aliphatic heterocycles. The molecule has 0 amide bonds. The van der Waals surface area contributed by atoms with Crippen LogP contribution < -0.4 is 0 Å². The molecule has 185 valence electrons. The van der Waals surface area contributed by atoms with E-state index in [0.29, 0.717) is 49.2 Å². The molecule has 0 N–H and O–H groups in total. The molecule has 3 nitrogen and oxygen atoms in total. The Balaban J connectivity index is -0.000000174. The van der Waals surface area contributed by atoms with Crippen LogP contribution in [0.1, 0.15) is 83.1 Å². The summed E-state index contributed by atoms with van der Waals surface area (Å²) < 4.78 is 1.72. The molecule has 0 bridgehead atoms. The average molecular weight is 585 g/mol. The van der Waals surface area contributed by atoms with Crippen molar-refractivity contribution in [1.82, 2.24) is 14.7 Å². The van der Waals surface area contributed by atoms with E-state index in [9.17, 15) is 0 Å². The van der Waals surface area contributed by atoms with Crippen molar-refractivity contribution in [2.45, 2.75) is 119 Å². The molecule has 0 aromatic carbocycles. The van der Waals surface area contributed by atoms with Gasteiger partial charge in [0.25, 0.3) is 0 Å². The second-order valence-corrected chi connectivity index (χ2v) is 11.7. The fourth-order valence-electron chi connectivity index (χ4n) is 3.05. The Kier molecular flexibility index (Phi) is 25.5. The summed E-state index contributed by atoms with van der Waals surface area (Å²) in [5.74, 6) is 0. The van der Waals surface area contributed by atoms with Gasteiger partial charge >= 0.3 is 17.1 Å². The number of rotatable bonds is 6. The van der Waals surface area contributed by atoms with Gasteiger partial charge in [0.05, 0.1) is 0 Å². The maximum atomic E-state index is 4.91. The van der Waals surface area contributed by atoms with Crippen molar-refractivity contribution in [2.24, 2.45) is 0 Å². The van der Waals surface area contributed by atoms with E-state index < -0.39 is 0 Å². The monoisotopic (exact) mass is 584 g/mol. The van der Waals surface area contributed by atoms with Crippen LogP contribution in [0.4, 0.5) is 0 Å². The SMILES string of the molecule is CC(C)N(C(=S)[S-])C(C)C.CC(C)N(C(=S)[S-])C(C)C.CC(C)N(C(=S)[S-])C(C)C.[Fe+3]. The molecule has 0 fully saturated rings. The zero-order valence-corrected chi connectivity index (χ0v) is 27.1. The van der Waals surface area contributed by atoms with Crippen LogP contribution in [0.15, 0.2) is 0 Å². The van der Waals surface area contributed by atoms with Crippen LogP contribution in [0.5, 0.6) is 0 Å². The second kappa shape index (κ2) is 20.2. The predicted octanol–water partition coefficient (Wildman–Crippen LogP) is 5.81. The summed E-state index contributed by atoms with van der Waals surface area (Å²) in [6, 6.07) is 2.53. The zero-order chi connectivity index (χ0) is 24.9. The van der Waals surface area contributed by atoms with Crippen molar-refractivity contribution in [3.05, 3.63) is 0 Å². The molecule has 0 aromatic rings. The van der Waals surface area contributed by atoms with E-state index in [1.54, 1.807) is 0 Å². The van der Waals surface area contributed by atoms with Gasteiger partial charge < -0.3 is 89.2 Å². The van der Waals surface area contributed by atoms with Crippen molar-refractivity contribution < 1.29 is 17.1 Å². The topological polar surface area (TPSA) is 9.72 Å². The quantitative estimate of drug-likeness (QED) is 0.216. The van der Waals surface area contributed by atoms with Crippen molar-refractivity contribution in [3.63, 3.8) is 0 Å². The smallest absolute Gasteiger partial charge is 0.411 e. The number of hydrogen-bond acceptors (Lipinski definition) is 6. The Bertz CT molecular complexity index is 416. The third-order valence-electron chi connectivity index (χ3n) is 3.97. The maximum absolute atomic E-state index is 4.91. The summed E-state index contributed by atoms with van der Waals surface area (Å²) in [4.78, 5) is 6.14. The molecule has 0 aromatic heterocycles. The van der Waals surface area contributed by atoms with Crippen LogP contribution in [0.25, 0.3) is 0 Å². The third kappa shape index (κ3) is 18.9. The third-order valence-corrected chi connectivity index (χ3v) is 5.24. The number of hydrogen-bond donors (Lipinski definition) is 0. The number of thiocarbonyl (C=S) groups is 3. The van der Waals surface area contributed by atoms with Gasteiger partial charge in [-0.3, -0.25) is 0 Å². The zero-order valence-electron chi connectivity index (χ0n) is 21.1. The summed E-state index contributed by atoms with van der Waals surface area (Å²) in [6.45, 7) is 25.1. The van der Waals surface area contributed by atoms with E-state index in [1.165, 1.54) is 0 Å². The maximum Gasteiger partial charge on any atom is 3.00 e. The Morgan fingerprint density at radius 2 is 0.516 bits per heavy atom. The average Bonchev–Trinajstić information content (AvgIpc) is 2.43. The van der Waals surface area contributed by atoms with Crippen molar-refractivity contribution in [2.75, 3.05) is 0 Å². The molecule has 0 atom stereocenters. The Morgan fingerprint density at radius 1 is 0.419 bits per heavy atom. The van der Waals surface area contributed by atoms with E-state index in [2.05, 4.69) is 83.1 Å². The Labute approximate surface area is 236 Å². The molecule has 0 aliphatic carbocycles. The largest absolute Gasteiger partial charge is 3.00 e. The van der Waals surface area contributed by atoms with E-state index in [1.807, 2.05) is 14.7 Å². The Morgan fingerprint density at radius 3 is 0.516 bits per heavy atom. The van der Waals surface area contributed by atoms with E-state index in [0.717, 1.165) is 0 Å². The van der Waals surface area contributed by atoms with Gasteiger partial charge in [-0.05, 0) is 83.1 Å². The van der Waals surface area contributed by atoms with Crippen LogP contribution in [0, 0.1) is 0 Å². The fraction of sp³-hybridized carbons (Fsp3) is 0.857. The van der Waals surface area contributed by atoms with E-state index >= 15 is 0 Å². The molecular formula is C21H42FeN3S6. The predicted molar refractivity (Wildman–Crippen MR) is 156 cm³/mol. The first-order chi connectivity index (χ1) is 13.4. The van der Waals surface area contributed by atoms with Crippen LogP contribution in [0.3, 0.4) is 0 Å². The summed E-state index contributed by atoms with van der Waals surface area (Å²) >= 11 is 29.5. The first-order valence-electron chi connectivity index (χ1n) is 10.4. The van der Waals surface area contributed by atoms with Gasteiger partial charge in [0.2, 0.25) is 0 Å². The first kappa shape index (κ1) is 39.1. The van der Waals surface area contributed by atoms with Gasteiger partial charge in [-0.25, -0.2) is 0 Å². The molecular weight excluding hydrogens is 542 g/mol. The van der Waals surface area contributed by atoms with Gasteiger partial charge in [0.15, 0.2) is 0 Å². The molecule has 0 aliphatic rings. The summed E-state index contributed by atoms with van der Waals surface area (Å²) in [7, 11) is 0. The second-order valence-electron chi connectivity index (χ2n) is 8.58. The van der Waals surface area contributed by atoms with Gasteiger partial charge in [0.1, 0.15) is 0 Å². The normalized spacial score (nSPS) is 10.3. The minimum absolute atomic E-state index is 0. The fourth-order valence-corrected chi connectivity index (χ4v) is 5.58. The molecule has 0 rings (SSSR count). The minimum Gasteiger partial charge on any atom is -0.411 e. The summed E-state index contributed by atoms with van der Waals surface area (Å²) in [6.07, 6.45) is 0. The van der Waals surface area contributed by atoms with Crippen molar-refractivity contribution >= 4 is 87.5 Å². The van der Waals surface area contributed by atoms with Crippen molar-refractivity contribution in [3.8, 4) is 0 Å².